The van der Waals surface area contributed by atoms with Crippen molar-refractivity contribution in [1.29, 1.82) is 5.26 Å². The molecule has 2 aromatic rings. The second kappa shape index (κ2) is 3.90. The molecule has 2 rings (SSSR count). The zero-order valence-corrected chi connectivity index (χ0v) is 10.2. The number of alkyl halides is 1. The van der Waals surface area contributed by atoms with E-state index in [0.29, 0.717) is 10.8 Å². The molecule has 0 aliphatic carbocycles. The van der Waals surface area contributed by atoms with Crippen molar-refractivity contribution in [2.45, 2.75) is 5.88 Å². The Morgan fingerprint density at radius 3 is 2.93 bits per heavy atom. The van der Waals surface area contributed by atoms with E-state index < -0.39 is 0 Å². The van der Waals surface area contributed by atoms with Crippen molar-refractivity contribution in [3.05, 3.63) is 33.1 Å². The van der Waals surface area contributed by atoms with E-state index in [1.54, 1.807) is 0 Å². The molecule has 0 fully saturated rings. The van der Waals surface area contributed by atoms with Gasteiger partial charge in [-0.3, -0.25) is 0 Å². The Hall–Kier alpha value is -0.560. The molecule has 0 bridgehead atoms. The molecule has 0 aliphatic rings. The molecule has 0 saturated carbocycles. The van der Waals surface area contributed by atoms with Crippen LogP contribution in [-0.2, 0) is 5.88 Å². The van der Waals surface area contributed by atoms with E-state index in [1.807, 2.05) is 18.2 Å². The van der Waals surface area contributed by atoms with Gasteiger partial charge in [0, 0.05) is 14.7 Å². The Morgan fingerprint density at radius 2 is 2.29 bits per heavy atom. The zero-order valence-electron chi connectivity index (χ0n) is 7.05. The monoisotopic (exact) mass is 285 g/mol. The van der Waals surface area contributed by atoms with Crippen molar-refractivity contribution in [2.24, 2.45) is 0 Å². The number of nitrogens with zero attached hydrogens (tertiary/aromatic N) is 1. The van der Waals surface area contributed by atoms with E-state index in [-0.39, 0.29) is 0 Å². The van der Waals surface area contributed by atoms with Gasteiger partial charge in [-0.2, -0.15) is 5.26 Å². The predicted octanol–water partition coefficient (Wildman–Crippen LogP) is 4.27. The third kappa shape index (κ3) is 1.54. The van der Waals surface area contributed by atoms with Crippen LogP contribution in [0.5, 0.6) is 0 Å². The van der Waals surface area contributed by atoms with Gasteiger partial charge < -0.3 is 0 Å². The molecular formula is C10H5BrClNS. The Balaban J connectivity index is 2.81. The minimum atomic E-state index is 0.393. The Kier molecular flexibility index (Phi) is 2.78. The van der Waals surface area contributed by atoms with E-state index in [9.17, 15) is 0 Å². The van der Waals surface area contributed by atoms with Gasteiger partial charge in [0.15, 0.2) is 0 Å². The largest absolute Gasteiger partial charge is 0.192 e. The number of nitriles is 1. The molecule has 0 atom stereocenters. The summed E-state index contributed by atoms with van der Waals surface area (Å²) in [6.45, 7) is 0. The standard InChI is InChI=1S/C10H5BrClNS/c11-6-1-2-7-8(4-12)10(5-13)14-9(7)3-6/h1-3H,4H2. The maximum Gasteiger partial charge on any atom is 0.110 e. The van der Waals surface area contributed by atoms with Gasteiger partial charge in [-0.1, -0.05) is 22.0 Å². The van der Waals surface area contributed by atoms with Crippen LogP contribution in [0.25, 0.3) is 10.1 Å². The molecule has 0 aliphatic heterocycles. The first-order valence-electron chi connectivity index (χ1n) is 3.93. The van der Waals surface area contributed by atoms with Gasteiger partial charge in [-0.15, -0.1) is 22.9 Å². The molecule has 0 amide bonds. The highest BCUT2D eigenvalue weighted by molar-refractivity contribution is 9.10. The van der Waals surface area contributed by atoms with Gasteiger partial charge >= 0.3 is 0 Å². The molecule has 14 heavy (non-hydrogen) atoms. The van der Waals surface area contributed by atoms with Crippen LogP contribution >= 0.6 is 38.9 Å². The van der Waals surface area contributed by atoms with Crippen molar-refractivity contribution < 1.29 is 0 Å². The average Bonchev–Trinajstić information content (AvgIpc) is 2.54. The molecule has 0 radical (unpaired) electrons. The minimum absolute atomic E-state index is 0.393. The summed E-state index contributed by atoms with van der Waals surface area (Å²) >= 11 is 10.7. The van der Waals surface area contributed by atoms with Crippen molar-refractivity contribution in [3.8, 4) is 6.07 Å². The maximum atomic E-state index is 8.91. The first kappa shape index (κ1) is 9.97. The summed E-state index contributed by atoms with van der Waals surface area (Å²) in [7, 11) is 0. The Bertz CT molecular complexity index is 527. The van der Waals surface area contributed by atoms with Crippen LogP contribution < -0.4 is 0 Å². The lowest BCUT2D eigenvalue weighted by atomic mass is 10.1. The molecule has 1 nitrogen and oxygen atoms in total. The van der Waals surface area contributed by atoms with Crippen LogP contribution in [-0.4, -0.2) is 0 Å². The molecule has 1 aromatic heterocycles. The predicted molar refractivity (Wildman–Crippen MR) is 63.8 cm³/mol. The van der Waals surface area contributed by atoms with Crippen LogP contribution in [0.4, 0.5) is 0 Å². The lowest BCUT2D eigenvalue weighted by Crippen LogP contribution is -1.77. The Morgan fingerprint density at radius 1 is 1.50 bits per heavy atom. The van der Waals surface area contributed by atoms with E-state index in [1.165, 1.54) is 11.3 Å². The highest BCUT2D eigenvalue weighted by atomic mass is 79.9. The quantitative estimate of drug-likeness (QED) is 0.718. The molecule has 0 spiro atoms. The summed E-state index contributed by atoms with van der Waals surface area (Å²) in [5.41, 5.74) is 0.946. The number of hydrogen-bond acceptors (Lipinski definition) is 2. The van der Waals surface area contributed by atoms with E-state index >= 15 is 0 Å². The van der Waals surface area contributed by atoms with Gasteiger partial charge in [0.05, 0.1) is 5.88 Å². The van der Waals surface area contributed by atoms with Crippen LogP contribution in [0.2, 0.25) is 0 Å². The first-order chi connectivity index (χ1) is 6.76. The number of rotatable bonds is 1. The molecule has 0 saturated heterocycles. The fraction of sp³-hybridized carbons (Fsp3) is 0.100. The fourth-order valence-corrected chi connectivity index (χ4v) is 3.27. The third-order valence-electron chi connectivity index (χ3n) is 1.99. The number of thiophene rings is 1. The molecule has 0 N–H and O–H groups in total. The summed E-state index contributed by atoms with van der Waals surface area (Å²) in [4.78, 5) is 0.716. The van der Waals surface area contributed by atoms with Gasteiger partial charge in [0.25, 0.3) is 0 Å². The topological polar surface area (TPSA) is 23.8 Å². The first-order valence-corrected chi connectivity index (χ1v) is 6.07. The molecule has 4 heteroatoms. The van der Waals surface area contributed by atoms with Crippen molar-refractivity contribution in [1.82, 2.24) is 0 Å². The normalized spacial score (nSPS) is 10.4. The van der Waals surface area contributed by atoms with E-state index in [0.717, 1.165) is 20.1 Å². The summed E-state index contributed by atoms with van der Waals surface area (Å²) in [6, 6.07) is 8.14. The van der Waals surface area contributed by atoms with Crippen molar-refractivity contribution >= 4 is 49.0 Å². The van der Waals surface area contributed by atoms with Gasteiger partial charge in [0.1, 0.15) is 10.9 Å². The summed E-state index contributed by atoms with van der Waals surface area (Å²) < 4.78 is 2.13. The lowest BCUT2D eigenvalue weighted by Gasteiger charge is -1.93. The summed E-state index contributed by atoms with van der Waals surface area (Å²) in [6.07, 6.45) is 0. The SMILES string of the molecule is N#Cc1sc2cc(Br)ccc2c1CCl. The molecule has 0 unspecified atom stereocenters. The smallest absolute Gasteiger partial charge is 0.110 e. The van der Waals surface area contributed by atoms with Gasteiger partial charge in [-0.25, -0.2) is 0 Å². The molecule has 1 heterocycles. The van der Waals surface area contributed by atoms with Gasteiger partial charge in [-0.05, 0) is 17.5 Å². The van der Waals surface area contributed by atoms with Crippen LogP contribution in [0.15, 0.2) is 22.7 Å². The third-order valence-corrected chi connectivity index (χ3v) is 3.85. The summed E-state index contributed by atoms with van der Waals surface area (Å²) in [5.74, 6) is 0.393. The number of hydrogen-bond donors (Lipinski definition) is 0. The molecular weight excluding hydrogens is 282 g/mol. The van der Waals surface area contributed by atoms with Crippen molar-refractivity contribution in [2.75, 3.05) is 0 Å². The second-order valence-electron chi connectivity index (χ2n) is 2.80. The van der Waals surface area contributed by atoms with Crippen LogP contribution in [0, 0.1) is 11.3 Å². The highest BCUT2D eigenvalue weighted by Crippen LogP contribution is 2.33. The van der Waals surface area contributed by atoms with Crippen molar-refractivity contribution in [3.63, 3.8) is 0 Å². The van der Waals surface area contributed by atoms with Crippen LogP contribution in [0.1, 0.15) is 10.4 Å². The second-order valence-corrected chi connectivity index (χ2v) is 5.03. The number of fused-ring (bicyclic) bond motifs is 1. The van der Waals surface area contributed by atoms with E-state index in [4.69, 9.17) is 16.9 Å². The molecule has 70 valence electrons. The highest BCUT2D eigenvalue weighted by Gasteiger charge is 2.10. The van der Waals surface area contributed by atoms with E-state index in [2.05, 4.69) is 22.0 Å². The maximum absolute atomic E-state index is 8.91. The average molecular weight is 287 g/mol. The van der Waals surface area contributed by atoms with Gasteiger partial charge in [0.2, 0.25) is 0 Å². The number of benzene rings is 1. The van der Waals surface area contributed by atoms with Crippen LogP contribution in [0.3, 0.4) is 0 Å². The lowest BCUT2D eigenvalue weighted by molar-refractivity contribution is 1.44. The Labute approximate surface area is 99.0 Å². The fourth-order valence-electron chi connectivity index (χ4n) is 1.35. The zero-order chi connectivity index (χ0) is 10.1. The minimum Gasteiger partial charge on any atom is -0.192 e. The molecule has 1 aromatic carbocycles. The summed E-state index contributed by atoms with van der Waals surface area (Å²) in [5, 5.41) is 10.00. The number of halogens is 2.